The van der Waals surface area contributed by atoms with E-state index in [4.69, 9.17) is 9.15 Å². The number of aryl methyl sites for hydroxylation is 1. The number of pyridine rings is 1. The third-order valence-corrected chi connectivity index (χ3v) is 3.14. The van der Waals surface area contributed by atoms with Gasteiger partial charge < -0.3 is 14.5 Å². The monoisotopic (exact) mass is 312 g/mol. The molecule has 116 valence electrons. The van der Waals surface area contributed by atoms with Crippen molar-refractivity contribution in [1.29, 1.82) is 0 Å². The molecule has 2 heterocycles. The smallest absolute Gasteiger partial charge is 0.291 e. The van der Waals surface area contributed by atoms with Crippen molar-refractivity contribution in [2.45, 2.75) is 6.92 Å². The fraction of sp³-hybridized carbons (Fsp3) is 0.0588. The summed E-state index contributed by atoms with van der Waals surface area (Å²) < 4.78 is 24.6. The largest absolute Gasteiger partial charge is 0.459 e. The summed E-state index contributed by atoms with van der Waals surface area (Å²) in [6.07, 6.45) is 4.58. The maximum absolute atomic E-state index is 13.9. The molecule has 6 heteroatoms. The van der Waals surface area contributed by atoms with E-state index in [2.05, 4.69) is 10.3 Å². The fourth-order valence-corrected chi connectivity index (χ4v) is 1.99. The maximum atomic E-state index is 13.9. The quantitative estimate of drug-likeness (QED) is 0.785. The third-order valence-electron chi connectivity index (χ3n) is 3.14. The van der Waals surface area contributed by atoms with Crippen LogP contribution in [0, 0.1) is 12.7 Å². The van der Waals surface area contributed by atoms with Gasteiger partial charge in [-0.05, 0) is 37.3 Å². The van der Waals surface area contributed by atoms with Crippen LogP contribution < -0.4 is 10.1 Å². The number of rotatable bonds is 4. The Kier molecular flexibility index (Phi) is 4.05. The molecule has 1 amide bonds. The van der Waals surface area contributed by atoms with Gasteiger partial charge in [-0.3, -0.25) is 9.78 Å². The second kappa shape index (κ2) is 6.31. The van der Waals surface area contributed by atoms with Crippen LogP contribution in [-0.4, -0.2) is 10.9 Å². The van der Waals surface area contributed by atoms with E-state index < -0.39 is 11.7 Å². The van der Waals surface area contributed by atoms with Gasteiger partial charge in [-0.1, -0.05) is 0 Å². The zero-order chi connectivity index (χ0) is 16.2. The lowest BCUT2D eigenvalue weighted by Gasteiger charge is -2.09. The number of nitrogens with one attached hydrogen (secondary N) is 1. The van der Waals surface area contributed by atoms with E-state index in [0.29, 0.717) is 17.1 Å². The minimum Gasteiger partial charge on any atom is -0.459 e. The van der Waals surface area contributed by atoms with Crippen molar-refractivity contribution in [3.05, 3.63) is 72.2 Å². The maximum Gasteiger partial charge on any atom is 0.291 e. The van der Waals surface area contributed by atoms with Crippen LogP contribution in [0.2, 0.25) is 0 Å². The van der Waals surface area contributed by atoms with Crippen molar-refractivity contribution in [1.82, 2.24) is 4.98 Å². The Hall–Kier alpha value is -3.15. The first kappa shape index (κ1) is 14.8. The average Bonchev–Trinajstić information content (AvgIpc) is 2.98. The lowest BCUT2D eigenvalue weighted by molar-refractivity contribution is 0.0995. The molecule has 2 aromatic heterocycles. The summed E-state index contributed by atoms with van der Waals surface area (Å²) in [4.78, 5) is 16.0. The van der Waals surface area contributed by atoms with Gasteiger partial charge in [-0.25, -0.2) is 4.39 Å². The van der Waals surface area contributed by atoms with Crippen LogP contribution in [0.15, 0.2) is 59.5 Å². The SMILES string of the molecule is Cc1ccoc1C(=O)Nc1cc(Oc2ccncc2)ccc1F. The molecule has 1 aromatic carbocycles. The van der Waals surface area contributed by atoms with Crippen molar-refractivity contribution in [3.63, 3.8) is 0 Å². The Morgan fingerprint density at radius 2 is 1.96 bits per heavy atom. The highest BCUT2D eigenvalue weighted by Crippen LogP contribution is 2.26. The van der Waals surface area contributed by atoms with E-state index in [1.807, 2.05) is 0 Å². The molecule has 0 aliphatic heterocycles. The van der Waals surface area contributed by atoms with Crippen LogP contribution in [0.4, 0.5) is 10.1 Å². The number of furan rings is 1. The van der Waals surface area contributed by atoms with Gasteiger partial charge in [0.2, 0.25) is 0 Å². The summed E-state index contributed by atoms with van der Waals surface area (Å²) in [5.41, 5.74) is 0.685. The van der Waals surface area contributed by atoms with Gasteiger partial charge in [-0.2, -0.15) is 0 Å². The Bertz CT molecular complexity index is 831. The van der Waals surface area contributed by atoms with E-state index in [-0.39, 0.29) is 11.4 Å². The highest BCUT2D eigenvalue weighted by Gasteiger charge is 2.15. The summed E-state index contributed by atoms with van der Waals surface area (Å²) >= 11 is 0. The zero-order valence-electron chi connectivity index (χ0n) is 12.2. The number of hydrogen-bond donors (Lipinski definition) is 1. The molecule has 0 radical (unpaired) electrons. The number of aromatic nitrogens is 1. The molecular formula is C17H13FN2O3. The van der Waals surface area contributed by atoms with Crippen LogP contribution in [0.1, 0.15) is 16.1 Å². The molecular weight excluding hydrogens is 299 g/mol. The van der Waals surface area contributed by atoms with Gasteiger partial charge in [0.05, 0.1) is 12.0 Å². The molecule has 3 rings (SSSR count). The molecule has 0 saturated carbocycles. The number of amides is 1. The van der Waals surface area contributed by atoms with Gasteiger partial charge in [0.1, 0.15) is 17.3 Å². The summed E-state index contributed by atoms with van der Waals surface area (Å²) in [5.74, 6) is 0.0109. The molecule has 1 N–H and O–H groups in total. The van der Waals surface area contributed by atoms with E-state index in [0.717, 1.165) is 0 Å². The third kappa shape index (κ3) is 3.37. The van der Waals surface area contributed by atoms with Gasteiger partial charge in [0.15, 0.2) is 5.76 Å². The lowest BCUT2D eigenvalue weighted by atomic mass is 10.2. The minimum absolute atomic E-state index is 0.0114. The number of nitrogens with zero attached hydrogens (tertiary/aromatic N) is 1. The molecule has 3 aromatic rings. The Morgan fingerprint density at radius 3 is 2.65 bits per heavy atom. The standard InChI is InChI=1S/C17H13FN2O3/c1-11-6-9-22-16(11)17(21)20-15-10-13(2-3-14(15)18)23-12-4-7-19-8-5-12/h2-10H,1H3,(H,20,21). The number of ether oxygens (including phenoxy) is 1. The molecule has 0 bridgehead atoms. The number of benzene rings is 1. The normalized spacial score (nSPS) is 10.3. The number of carbonyl (C=O) groups excluding carboxylic acids is 1. The van der Waals surface area contributed by atoms with Crippen molar-refractivity contribution < 1.29 is 18.3 Å². The molecule has 23 heavy (non-hydrogen) atoms. The van der Waals surface area contributed by atoms with Crippen LogP contribution in [0.5, 0.6) is 11.5 Å². The predicted octanol–water partition coefficient (Wildman–Crippen LogP) is 4.17. The van der Waals surface area contributed by atoms with Gasteiger partial charge in [0, 0.05) is 24.0 Å². The number of carbonyl (C=O) groups is 1. The second-order valence-electron chi connectivity index (χ2n) is 4.81. The van der Waals surface area contributed by atoms with E-state index in [1.54, 1.807) is 37.5 Å². The predicted molar refractivity (Wildman–Crippen MR) is 82.1 cm³/mol. The van der Waals surface area contributed by atoms with Crippen LogP contribution >= 0.6 is 0 Å². The number of anilines is 1. The fourth-order valence-electron chi connectivity index (χ4n) is 1.99. The van der Waals surface area contributed by atoms with E-state index in [1.165, 1.54) is 24.5 Å². The van der Waals surface area contributed by atoms with Crippen molar-refractivity contribution in [2.75, 3.05) is 5.32 Å². The molecule has 0 fully saturated rings. The molecule has 5 nitrogen and oxygen atoms in total. The highest BCUT2D eigenvalue weighted by atomic mass is 19.1. The van der Waals surface area contributed by atoms with Crippen molar-refractivity contribution in [3.8, 4) is 11.5 Å². The van der Waals surface area contributed by atoms with Crippen LogP contribution in [0.3, 0.4) is 0 Å². The van der Waals surface area contributed by atoms with Crippen molar-refractivity contribution in [2.24, 2.45) is 0 Å². The second-order valence-corrected chi connectivity index (χ2v) is 4.81. The van der Waals surface area contributed by atoms with Crippen LogP contribution in [0.25, 0.3) is 0 Å². The number of hydrogen-bond acceptors (Lipinski definition) is 4. The van der Waals surface area contributed by atoms with Gasteiger partial charge >= 0.3 is 0 Å². The summed E-state index contributed by atoms with van der Waals surface area (Å²) in [7, 11) is 0. The van der Waals surface area contributed by atoms with Gasteiger partial charge in [-0.15, -0.1) is 0 Å². The molecule has 0 spiro atoms. The van der Waals surface area contributed by atoms with E-state index >= 15 is 0 Å². The van der Waals surface area contributed by atoms with Gasteiger partial charge in [0.25, 0.3) is 5.91 Å². The summed E-state index contributed by atoms with van der Waals surface area (Å²) in [6.45, 7) is 1.73. The lowest BCUT2D eigenvalue weighted by Crippen LogP contribution is -2.13. The van der Waals surface area contributed by atoms with Crippen LogP contribution in [-0.2, 0) is 0 Å². The highest BCUT2D eigenvalue weighted by molar-refractivity contribution is 6.03. The summed E-state index contributed by atoms with van der Waals surface area (Å²) in [5, 5.41) is 2.48. The molecule has 0 saturated heterocycles. The van der Waals surface area contributed by atoms with E-state index in [9.17, 15) is 9.18 Å². The molecule has 0 atom stereocenters. The first-order chi connectivity index (χ1) is 11.1. The topological polar surface area (TPSA) is 64.4 Å². The Labute approximate surface area is 131 Å². The Morgan fingerprint density at radius 1 is 1.17 bits per heavy atom. The number of halogens is 1. The van der Waals surface area contributed by atoms with Crippen molar-refractivity contribution >= 4 is 11.6 Å². The molecule has 0 aliphatic carbocycles. The minimum atomic E-state index is -0.565. The first-order valence-corrected chi connectivity index (χ1v) is 6.86. The molecule has 0 aliphatic rings. The zero-order valence-corrected chi connectivity index (χ0v) is 12.2. The summed E-state index contributed by atoms with van der Waals surface area (Å²) in [6, 6.07) is 9.12. The first-order valence-electron chi connectivity index (χ1n) is 6.86. The molecule has 0 unspecified atom stereocenters. The average molecular weight is 312 g/mol. The Balaban J connectivity index is 1.81.